The molecule has 1 aliphatic rings. The van der Waals surface area contributed by atoms with Crippen molar-refractivity contribution in [3.8, 4) is 0 Å². The third-order valence-electron chi connectivity index (χ3n) is 3.69. The highest BCUT2D eigenvalue weighted by Crippen LogP contribution is 2.31. The van der Waals surface area contributed by atoms with Crippen molar-refractivity contribution < 1.29 is 27.1 Å². The fourth-order valence-corrected chi connectivity index (χ4v) is 2.44. The number of likely N-dealkylation sites (tertiary alicyclic amines) is 1. The molecular weight excluding hydrogens is 324 g/mol. The Morgan fingerprint density at radius 1 is 1.21 bits per heavy atom. The molecule has 24 heavy (non-hydrogen) atoms. The molecule has 1 unspecified atom stereocenters. The number of hydrogen-bond acceptors (Lipinski definition) is 2. The number of alkyl halides is 3. The number of benzene rings is 1. The van der Waals surface area contributed by atoms with Gasteiger partial charge in [0.2, 0.25) is 0 Å². The van der Waals surface area contributed by atoms with Crippen LogP contribution in [0.25, 0.3) is 0 Å². The number of amides is 1. The summed E-state index contributed by atoms with van der Waals surface area (Å²) < 4.78 is 56.0. The molecule has 124 valence electrons. The van der Waals surface area contributed by atoms with Gasteiger partial charge in [-0.2, -0.15) is 13.2 Å². The SMILES string of the molecule is [B]C([B])(OC1CCN(C(=O)C(=C)F)C1)c1ccc(C(F)(F)F)cc1. The second-order valence-electron chi connectivity index (χ2n) is 5.55. The molecule has 1 atom stereocenters. The largest absolute Gasteiger partial charge is 0.416 e. The zero-order chi connectivity index (χ0) is 18.1. The Morgan fingerprint density at radius 2 is 1.75 bits per heavy atom. The van der Waals surface area contributed by atoms with Gasteiger partial charge in [-0.1, -0.05) is 18.7 Å². The van der Waals surface area contributed by atoms with E-state index in [1.54, 1.807) is 0 Å². The molecule has 1 amide bonds. The first-order valence-corrected chi connectivity index (χ1v) is 7.07. The van der Waals surface area contributed by atoms with Gasteiger partial charge in [-0.15, -0.1) is 0 Å². The average molecular weight is 337 g/mol. The van der Waals surface area contributed by atoms with Crippen LogP contribution in [0.15, 0.2) is 36.7 Å². The van der Waals surface area contributed by atoms with Crippen molar-refractivity contribution >= 4 is 21.6 Å². The van der Waals surface area contributed by atoms with Gasteiger partial charge in [0.15, 0.2) is 5.83 Å². The summed E-state index contributed by atoms with van der Waals surface area (Å²) in [6, 6.07) is 3.96. The van der Waals surface area contributed by atoms with Crippen molar-refractivity contribution in [2.75, 3.05) is 13.1 Å². The van der Waals surface area contributed by atoms with E-state index in [1.807, 2.05) is 0 Å². The average Bonchev–Trinajstić information content (AvgIpc) is 2.93. The first-order chi connectivity index (χ1) is 11.0. The number of carbonyl (C=O) groups excluding carboxylic acids is 1. The molecule has 4 radical (unpaired) electrons. The highest BCUT2D eigenvalue weighted by atomic mass is 19.4. The molecule has 0 N–H and O–H groups in total. The molecule has 0 aliphatic carbocycles. The molecule has 1 aliphatic heterocycles. The predicted molar refractivity (Wildman–Crippen MR) is 80.9 cm³/mol. The Bertz CT molecular complexity index is 631. The number of hydrogen-bond donors (Lipinski definition) is 0. The molecule has 1 heterocycles. The smallest absolute Gasteiger partial charge is 0.385 e. The highest BCUT2D eigenvalue weighted by Gasteiger charge is 2.34. The molecule has 0 saturated carbocycles. The Labute approximate surface area is 139 Å². The van der Waals surface area contributed by atoms with Crippen molar-refractivity contribution in [1.29, 1.82) is 0 Å². The van der Waals surface area contributed by atoms with Crippen molar-refractivity contribution in [3.05, 3.63) is 47.8 Å². The standard InChI is InChI=1S/C15H13B2F4NO2/c1-9(18)13(23)22-7-6-12(8-22)24-14(16,17)10-2-4-11(5-3-10)15(19,20)21/h2-5,12H,1,6-8H2. The summed E-state index contributed by atoms with van der Waals surface area (Å²) in [6.45, 7) is 3.25. The second kappa shape index (κ2) is 6.63. The molecular formula is C15H13B2F4NO2. The maximum absolute atomic E-state index is 12.8. The Morgan fingerprint density at radius 3 is 2.25 bits per heavy atom. The number of rotatable bonds is 4. The van der Waals surface area contributed by atoms with E-state index < -0.39 is 35.0 Å². The van der Waals surface area contributed by atoms with Gasteiger partial charge < -0.3 is 9.64 Å². The van der Waals surface area contributed by atoms with E-state index >= 15 is 0 Å². The maximum Gasteiger partial charge on any atom is 0.416 e. The second-order valence-corrected chi connectivity index (χ2v) is 5.55. The molecule has 3 nitrogen and oxygen atoms in total. The first-order valence-electron chi connectivity index (χ1n) is 7.07. The van der Waals surface area contributed by atoms with Crippen LogP contribution in [0.3, 0.4) is 0 Å². The zero-order valence-electron chi connectivity index (χ0n) is 12.6. The van der Waals surface area contributed by atoms with Crippen LogP contribution in [0, 0.1) is 0 Å². The summed E-state index contributed by atoms with van der Waals surface area (Å²) in [5.41, 5.74) is -0.684. The fraction of sp³-hybridized carbons (Fsp3) is 0.400. The van der Waals surface area contributed by atoms with Gasteiger partial charge in [0.25, 0.3) is 5.91 Å². The third-order valence-corrected chi connectivity index (χ3v) is 3.69. The van der Waals surface area contributed by atoms with Crippen LogP contribution in [0.4, 0.5) is 17.6 Å². The molecule has 1 saturated heterocycles. The van der Waals surface area contributed by atoms with Gasteiger partial charge in [0.05, 0.1) is 11.7 Å². The van der Waals surface area contributed by atoms with E-state index in [1.165, 1.54) is 4.90 Å². The Kier molecular flexibility index (Phi) is 5.13. The quantitative estimate of drug-likeness (QED) is 0.479. The topological polar surface area (TPSA) is 29.5 Å². The molecule has 1 fully saturated rings. The summed E-state index contributed by atoms with van der Waals surface area (Å²) in [4.78, 5) is 12.7. The van der Waals surface area contributed by atoms with Gasteiger partial charge in [-0.3, -0.25) is 4.79 Å². The minimum Gasteiger partial charge on any atom is -0.385 e. The maximum atomic E-state index is 12.8. The lowest BCUT2D eigenvalue weighted by atomic mass is 9.61. The van der Waals surface area contributed by atoms with Crippen LogP contribution >= 0.6 is 0 Å². The van der Waals surface area contributed by atoms with Crippen molar-refractivity contribution in [3.63, 3.8) is 0 Å². The lowest BCUT2D eigenvalue weighted by Crippen LogP contribution is -2.37. The minimum absolute atomic E-state index is 0.0680. The number of nitrogens with zero attached hydrogens (tertiary/aromatic N) is 1. The van der Waals surface area contributed by atoms with Gasteiger partial charge in [0, 0.05) is 18.5 Å². The normalized spacial score (nSPS) is 18.7. The van der Waals surface area contributed by atoms with Gasteiger partial charge in [0.1, 0.15) is 15.7 Å². The fourth-order valence-electron chi connectivity index (χ4n) is 2.44. The summed E-state index contributed by atoms with van der Waals surface area (Å²) in [5, 5.41) is -1.83. The van der Waals surface area contributed by atoms with Crippen LogP contribution in [-0.4, -0.2) is 45.7 Å². The van der Waals surface area contributed by atoms with E-state index in [-0.39, 0.29) is 18.7 Å². The Hall–Kier alpha value is -1.76. The first kappa shape index (κ1) is 18.6. The molecule has 0 bridgehead atoms. The summed E-state index contributed by atoms with van der Waals surface area (Å²) in [7, 11) is 11.7. The number of ether oxygens (including phenoxy) is 1. The molecule has 0 aromatic heterocycles. The molecule has 9 heteroatoms. The van der Waals surface area contributed by atoms with E-state index in [2.05, 4.69) is 6.58 Å². The van der Waals surface area contributed by atoms with Crippen molar-refractivity contribution in [2.24, 2.45) is 0 Å². The highest BCUT2D eigenvalue weighted by molar-refractivity contribution is 6.38. The predicted octanol–water partition coefficient (Wildman–Crippen LogP) is 2.25. The zero-order valence-corrected chi connectivity index (χ0v) is 12.6. The molecule has 0 spiro atoms. The Balaban J connectivity index is 2.04. The van der Waals surface area contributed by atoms with Gasteiger partial charge in [-0.05, 0) is 24.1 Å². The van der Waals surface area contributed by atoms with Crippen LogP contribution < -0.4 is 0 Å². The van der Waals surface area contributed by atoms with Gasteiger partial charge >= 0.3 is 6.18 Å². The van der Waals surface area contributed by atoms with Crippen molar-refractivity contribution in [2.45, 2.75) is 24.1 Å². The van der Waals surface area contributed by atoms with E-state index in [9.17, 15) is 22.4 Å². The summed E-state index contributed by atoms with van der Waals surface area (Å²) in [5.74, 6) is -1.92. The van der Waals surface area contributed by atoms with E-state index in [0.717, 1.165) is 24.3 Å². The van der Waals surface area contributed by atoms with Crippen molar-refractivity contribution in [1.82, 2.24) is 4.90 Å². The summed E-state index contributed by atoms with van der Waals surface area (Å²) in [6.07, 6.45) is -4.66. The lowest BCUT2D eigenvalue weighted by molar-refractivity contribution is -0.137. The number of carbonyl (C=O) groups is 1. The van der Waals surface area contributed by atoms with E-state index in [0.29, 0.717) is 6.42 Å². The van der Waals surface area contributed by atoms with Gasteiger partial charge in [-0.25, -0.2) is 4.39 Å². The van der Waals surface area contributed by atoms with Crippen LogP contribution in [0.5, 0.6) is 0 Å². The number of halogens is 4. The third kappa shape index (κ3) is 4.20. The lowest BCUT2D eigenvalue weighted by Gasteiger charge is -2.31. The van der Waals surface area contributed by atoms with Crippen LogP contribution in [0.2, 0.25) is 0 Å². The summed E-state index contributed by atoms with van der Waals surface area (Å²) >= 11 is 0. The minimum atomic E-state index is -4.47. The molecule has 1 aromatic carbocycles. The molecule has 2 rings (SSSR count). The van der Waals surface area contributed by atoms with E-state index in [4.69, 9.17) is 20.4 Å². The molecule has 1 aromatic rings. The van der Waals surface area contributed by atoms with Crippen LogP contribution in [0.1, 0.15) is 17.5 Å². The monoisotopic (exact) mass is 337 g/mol. The van der Waals surface area contributed by atoms with Crippen LogP contribution in [-0.2, 0) is 21.1 Å².